The molecular weight excluding hydrogens is 296 g/mol. The molecule has 0 radical (unpaired) electrons. The van der Waals surface area contributed by atoms with Gasteiger partial charge in [-0.05, 0) is 26.0 Å². The van der Waals surface area contributed by atoms with Gasteiger partial charge >= 0.3 is 0 Å². The average molecular weight is 312 g/mol. The van der Waals surface area contributed by atoms with Crippen LogP contribution in [-0.4, -0.2) is 40.1 Å². The highest BCUT2D eigenvalue weighted by atomic mass is 16.5. The van der Waals surface area contributed by atoms with Gasteiger partial charge in [0, 0.05) is 13.1 Å². The molecule has 1 aliphatic rings. The van der Waals surface area contributed by atoms with Crippen LogP contribution in [0.25, 0.3) is 0 Å². The van der Waals surface area contributed by atoms with E-state index < -0.39 is 6.10 Å². The first-order chi connectivity index (χ1) is 11.1. The van der Waals surface area contributed by atoms with Crippen molar-refractivity contribution in [2.45, 2.75) is 25.9 Å². The van der Waals surface area contributed by atoms with Crippen LogP contribution in [0.1, 0.15) is 30.1 Å². The number of hydrogen-bond acceptors (Lipinski definition) is 6. The standard InChI is InChI=1S/C16H16N4O3/c1-10(22-14-6-4-3-5-12(14)7-17)16(21)20-8-13(9-20)15-18-11(2)19-23-15/h3-6,10,13H,8-9H2,1-2H3/t10-/m1/s1. The fraction of sp³-hybridized carbons (Fsp3) is 0.375. The summed E-state index contributed by atoms with van der Waals surface area (Å²) in [5, 5.41) is 12.8. The minimum absolute atomic E-state index is 0.0822. The highest BCUT2D eigenvalue weighted by Crippen LogP contribution is 2.27. The molecule has 2 heterocycles. The zero-order valence-electron chi connectivity index (χ0n) is 12.9. The van der Waals surface area contributed by atoms with E-state index in [1.54, 1.807) is 43.0 Å². The molecule has 0 bridgehead atoms. The Labute approximate surface area is 133 Å². The van der Waals surface area contributed by atoms with Crippen molar-refractivity contribution in [3.63, 3.8) is 0 Å². The van der Waals surface area contributed by atoms with E-state index in [9.17, 15) is 4.79 Å². The van der Waals surface area contributed by atoms with Crippen LogP contribution in [0.15, 0.2) is 28.8 Å². The van der Waals surface area contributed by atoms with Crippen molar-refractivity contribution in [3.05, 3.63) is 41.5 Å². The van der Waals surface area contributed by atoms with Crippen molar-refractivity contribution in [2.75, 3.05) is 13.1 Å². The van der Waals surface area contributed by atoms with Crippen molar-refractivity contribution < 1.29 is 14.1 Å². The fourth-order valence-corrected chi connectivity index (χ4v) is 2.45. The summed E-state index contributed by atoms with van der Waals surface area (Å²) in [5.74, 6) is 1.54. The van der Waals surface area contributed by atoms with Crippen molar-refractivity contribution in [2.24, 2.45) is 0 Å². The van der Waals surface area contributed by atoms with Crippen molar-refractivity contribution in [1.82, 2.24) is 15.0 Å². The number of aryl methyl sites for hydroxylation is 1. The van der Waals surface area contributed by atoms with E-state index in [4.69, 9.17) is 14.5 Å². The van der Waals surface area contributed by atoms with E-state index in [2.05, 4.69) is 16.2 Å². The van der Waals surface area contributed by atoms with Gasteiger partial charge in [-0.25, -0.2) is 0 Å². The molecule has 1 aromatic carbocycles. The van der Waals surface area contributed by atoms with E-state index in [0.29, 0.717) is 36.1 Å². The van der Waals surface area contributed by atoms with E-state index in [-0.39, 0.29) is 11.8 Å². The van der Waals surface area contributed by atoms with E-state index in [0.717, 1.165) is 0 Å². The molecule has 7 heteroatoms. The lowest BCUT2D eigenvalue weighted by atomic mass is 9.99. The van der Waals surface area contributed by atoms with Crippen LogP contribution >= 0.6 is 0 Å². The van der Waals surface area contributed by atoms with E-state index in [1.807, 2.05) is 0 Å². The number of rotatable bonds is 4. The van der Waals surface area contributed by atoms with Crippen molar-refractivity contribution in [1.29, 1.82) is 5.26 Å². The number of carbonyl (C=O) groups is 1. The summed E-state index contributed by atoms with van der Waals surface area (Å²) >= 11 is 0. The summed E-state index contributed by atoms with van der Waals surface area (Å²) in [4.78, 5) is 18.2. The maximum atomic E-state index is 12.4. The molecule has 3 rings (SSSR count). The first-order valence-corrected chi connectivity index (χ1v) is 7.33. The number of nitrogens with zero attached hydrogens (tertiary/aromatic N) is 4. The molecule has 1 saturated heterocycles. The molecule has 1 aromatic heterocycles. The monoisotopic (exact) mass is 312 g/mol. The Morgan fingerprint density at radius 3 is 2.87 bits per heavy atom. The maximum Gasteiger partial charge on any atom is 0.263 e. The third kappa shape index (κ3) is 3.01. The van der Waals surface area contributed by atoms with Gasteiger partial charge < -0.3 is 14.2 Å². The van der Waals surface area contributed by atoms with Crippen LogP contribution in [0, 0.1) is 18.3 Å². The van der Waals surface area contributed by atoms with Gasteiger partial charge in [0.05, 0.1) is 11.5 Å². The van der Waals surface area contributed by atoms with Gasteiger partial charge in [-0.15, -0.1) is 0 Å². The minimum atomic E-state index is -0.658. The van der Waals surface area contributed by atoms with E-state index in [1.165, 1.54) is 0 Å². The Kier molecular flexibility index (Phi) is 3.98. The van der Waals surface area contributed by atoms with Gasteiger partial charge in [-0.1, -0.05) is 17.3 Å². The molecule has 0 saturated carbocycles. The van der Waals surface area contributed by atoms with Gasteiger partial charge in [0.15, 0.2) is 11.9 Å². The molecule has 23 heavy (non-hydrogen) atoms. The molecule has 1 amide bonds. The van der Waals surface area contributed by atoms with Crippen LogP contribution < -0.4 is 4.74 Å². The van der Waals surface area contributed by atoms with Crippen LogP contribution in [0.3, 0.4) is 0 Å². The Balaban J connectivity index is 1.58. The highest BCUT2D eigenvalue weighted by molar-refractivity contribution is 5.82. The summed E-state index contributed by atoms with van der Waals surface area (Å²) in [6.45, 7) is 4.51. The second-order valence-electron chi connectivity index (χ2n) is 5.49. The lowest BCUT2D eigenvalue weighted by Crippen LogP contribution is -2.52. The second-order valence-corrected chi connectivity index (χ2v) is 5.49. The topological polar surface area (TPSA) is 92.3 Å². The first kappa shape index (κ1) is 15.0. The number of carbonyl (C=O) groups excluding carboxylic acids is 1. The number of nitriles is 1. The van der Waals surface area contributed by atoms with Crippen LogP contribution in [0.5, 0.6) is 5.75 Å². The molecular formula is C16H16N4O3. The second kappa shape index (κ2) is 6.08. The number of likely N-dealkylation sites (tertiary alicyclic amines) is 1. The molecule has 0 N–H and O–H groups in total. The van der Waals surface area contributed by atoms with Gasteiger partial charge in [0.1, 0.15) is 11.8 Å². The normalized spacial score (nSPS) is 15.6. The third-order valence-corrected chi connectivity index (χ3v) is 3.74. The van der Waals surface area contributed by atoms with Gasteiger partial charge in [0.25, 0.3) is 5.91 Å². The summed E-state index contributed by atoms with van der Waals surface area (Å²) in [5.41, 5.74) is 0.412. The maximum absolute atomic E-state index is 12.4. The van der Waals surface area contributed by atoms with Crippen molar-refractivity contribution >= 4 is 5.91 Å². The summed E-state index contributed by atoms with van der Waals surface area (Å²) in [6.07, 6.45) is -0.658. The van der Waals surface area contributed by atoms with Crippen LogP contribution in [-0.2, 0) is 4.79 Å². The molecule has 0 spiro atoms. The summed E-state index contributed by atoms with van der Waals surface area (Å²) in [7, 11) is 0. The SMILES string of the molecule is Cc1noc(C2CN(C(=O)[C@@H](C)Oc3ccccc3C#N)C2)n1. The zero-order chi connectivity index (χ0) is 16.4. The lowest BCUT2D eigenvalue weighted by Gasteiger charge is -2.38. The van der Waals surface area contributed by atoms with Crippen LogP contribution in [0.4, 0.5) is 0 Å². The minimum Gasteiger partial charge on any atom is -0.480 e. The Hall–Kier alpha value is -2.88. The smallest absolute Gasteiger partial charge is 0.263 e. The number of aromatic nitrogens is 2. The van der Waals surface area contributed by atoms with Gasteiger partial charge in [-0.2, -0.15) is 10.2 Å². The molecule has 118 valence electrons. The molecule has 1 aliphatic heterocycles. The first-order valence-electron chi connectivity index (χ1n) is 7.33. The molecule has 1 fully saturated rings. The Morgan fingerprint density at radius 1 is 1.48 bits per heavy atom. The Morgan fingerprint density at radius 2 is 2.22 bits per heavy atom. The largest absolute Gasteiger partial charge is 0.480 e. The number of hydrogen-bond donors (Lipinski definition) is 0. The fourth-order valence-electron chi connectivity index (χ4n) is 2.45. The highest BCUT2D eigenvalue weighted by Gasteiger charge is 2.37. The average Bonchev–Trinajstić information content (AvgIpc) is 2.92. The quantitative estimate of drug-likeness (QED) is 0.852. The molecule has 0 aliphatic carbocycles. The zero-order valence-corrected chi connectivity index (χ0v) is 12.9. The van der Waals surface area contributed by atoms with Crippen LogP contribution in [0.2, 0.25) is 0 Å². The van der Waals surface area contributed by atoms with E-state index >= 15 is 0 Å². The Bertz CT molecular complexity index is 759. The predicted octanol–water partition coefficient (Wildman–Crippen LogP) is 1.64. The number of amides is 1. The number of para-hydroxylation sites is 1. The molecule has 0 unspecified atom stereocenters. The van der Waals surface area contributed by atoms with Gasteiger partial charge in [-0.3, -0.25) is 4.79 Å². The van der Waals surface area contributed by atoms with Crippen molar-refractivity contribution in [3.8, 4) is 11.8 Å². The number of ether oxygens (including phenoxy) is 1. The summed E-state index contributed by atoms with van der Waals surface area (Å²) < 4.78 is 10.8. The third-order valence-electron chi connectivity index (χ3n) is 3.74. The molecule has 1 atom stereocenters. The van der Waals surface area contributed by atoms with Gasteiger partial charge in [0.2, 0.25) is 5.89 Å². The lowest BCUT2D eigenvalue weighted by molar-refractivity contribution is -0.142. The molecule has 7 nitrogen and oxygen atoms in total. The predicted molar refractivity (Wildman–Crippen MR) is 79.6 cm³/mol. The molecule has 2 aromatic rings. The summed E-state index contributed by atoms with van der Waals surface area (Å²) in [6, 6.07) is 8.91. The number of benzene rings is 1.